The second-order valence-electron chi connectivity index (χ2n) is 9.24. The molecule has 2 bridgehead atoms. The minimum absolute atomic E-state index is 0.0769. The number of carbonyl (C=O) groups excluding carboxylic acids is 1. The summed E-state index contributed by atoms with van der Waals surface area (Å²) in [5.74, 6) is 0. The van der Waals surface area contributed by atoms with Gasteiger partial charge in [-0.25, -0.2) is 4.79 Å². The number of carbonyl (C=O) groups is 1. The molecule has 2 unspecified atom stereocenters. The quantitative estimate of drug-likeness (QED) is 0.632. The Labute approximate surface area is 159 Å². The Balaban J connectivity index is 1.83. The van der Waals surface area contributed by atoms with Crippen molar-refractivity contribution in [1.29, 1.82) is 0 Å². The van der Waals surface area contributed by atoms with Crippen molar-refractivity contribution in [2.24, 2.45) is 0 Å². The second-order valence-corrected chi connectivity index (χ2v) is 9.24. The van der Waals surface area contributed by atoms with Crippen molar-refractivity contribution in [2.45, 2.75) is 115 Å². The molecule has 5 nitrogen and oxygen atoms in total. The molecule has 2 heterocycles. The maximum absolute atomic E-state index is 12.6. The van der Waals surface area contributed by atoms with Crippen LogP contribution in [0.15, 0.2) is 0 Å². The molecule has 0 saturated carbocycles. The SMILES string of the molecule is CCCCCCCCCC1(O)CC2COCC(C1)N2C(=O)OC(C)(C)C. The number of amides is 1. The monoisotopic (exact) mass is 369 g/mol. The van der Waals surface area contributed by atoms with Gasteiger partial charge in [0.25, 0.3) is 0 Å². The molecular weight excluding hydrogens is 330 g/mol. The summed E-state index contributed by atoms with van der Waals surface area (Å²) in [6.45, 7) is 8.89. The normalized spacial score (nSPS) is 28.9. The number of piperidine rings is 1. The first-order valence-corrected chi connectivity index (χ1v) is 10.6. The number of nitrogens with zero attached hydrogens (tertiary/aromatic N) is 1. The topological polar surface area (TPSA) is 59.0 Å². The molecule has 2 fully saturated rings. The zero-order chi connectivity index (χ0) is 19.2. The first-order chi connectivity index (χ1) is 12.2. The molecule has 2 atom stereocenters. The molecule has 5 heteroatoms. The van der Waals surface area contributed by atoms with Crippen LogP contribution in [0.3, 0.4) is 0 Å². The van der Waals surface area contributed by atoms with Gasteiger partial charge in [-0.05, 0) is 40.0 Å². The van der Waals surface area contributed by atoms with Crippen LogP contribution in [0.1, 0.15) is 91.9 Å². The molecule has 152 valence electrons. The van der Waals surface area contributed by atoms with Gasteiger partial charge in [0.15, 0.2) is 0 Å². The van der Waals surface area contributed by atoms with E-state index in [4.69, 9.17) is 9.47 Å². The van der Waals surface area contributed by atoms with Gasteiger partial charge in [-0.1, -0.05) is 51.9 Å². The second kappa shape index (κ2) is 9.41. The molecule has 1 amide bonds. The highest BCUT2D eigenvalue weighted by atomic mass is 16.6. The van der Waals surface area contributed by atoms with Crippen LogP contribution >= 0.6 is 0 Å². The van der Waals surface area contributed by atoms with Gasteiger partial charge in [0, 0.05) is 0 Å². The summed E-state index contributed by atoms with van der Waals surface area (Å²) in [4.78, 5) is 14.4. The lowest BCUT2D eigenvalue weighted by Gasteiger charge is -2.51. The van der Waals surface area contributed by atoms with Gasteiger partial charge in [0.2, 0.25) is 0 Å². The van der Waals surface area contributed by atoms with Crippen molar-refractivity contribution in [3.05, 3.63) is 0 Å². The Morgan fingerprint density at radius 3 is 2.15 bits per heavy atom. The zero-order valence-electron chi connectivity index (χ0n) is 17.3. The fraction of sp³-hybridized carbons (Fsp3) is 0.952. The molecule has 2 aliphatic rings. The number of unbranched alkanes of at least 4 members (excludes halogenated alkanes) is 6. The van der Waals surface area contributed by atoms with Crippen molar-refractivity contribution >= 4 is 6.09 Å². The lowest BCUT2D eigenvalue weighted by Crippen LogP contribution is -2.64. The van der Waals surface area contributed by atoms with Gasteiger partial charge < -0.3 is 14.6 Å². The van der Waals surface area contributed by atoms with Crippen molar-refractivity contribution in [1.82, 2.24) is 4.90 Å². The van der Waals surface area contributed by atoms with E-state index in [-0.39, 0.29) is 18.2 Å². The summed E-state index contributed by atoms with van der Waals surface area (Å²) in [5.41, 5.74) is -1.17. The minimum atomic E-state index is -0.666. The predicted molar refractivity (Wildman–Crippen MR) is 103 cm³/mol. The zero-order valence-corrected chi connectivity index (χ0v) is 17.3. The first-order valence-electron chi connectivity index (χ1n) is 10.6. The van der Waals surface area contributed by atoms with Crippen molar-refractivity contribution in [2.75, 3.05) is 13.2 Å². The molecule has 0 spiro atoms. The molecule has 0 aromatic heterocycles. The molecule has 0 aromatic carbocycles. The molecule has 26 heavy (non-hydrogen) atoms. The van der Waals surface area contributed by atoms with E-state index in [0.29, 0.717) is 26.1 Å². The number of aliphatic hydroxyl groups is 1. The lowest BCUT2D eigenvalue weighted by atomic mass is 9.78. The van der Waals surface area contributed by atoms with E-state index in [1.807, 2.05) is 25.7 Å². The van der Waals surface area contributed by atoms with Crippen LogP contribution in [0.4, 0.5) is 4.79 Å². The molecule has 2 aliphatic heterocycles. The third-order valence-electron chi connectivity index (χ3n) is 5.49. The number of hydrogen-bond acceptors (Lipinski definition) is 4. The molecular formula is C21H39NO4. The van der Waals surface area contributed by atoms with E-state index >= 15 is 0 Å². The van der Waals surface area contributed by atoms with Gasteiger partial charge >= 0.3 is 6.09 Å². The number of hydrogen-bond donors (Lipinski definition) is 1. The Kier molecular flexibility index (Phi) is 7.77. The van der Waals surface area contributed by atoms with E-state index in [2.05, 4.69) is 6.92 Å². The summed E-state index contributed by atoms with van der Waals surface area (Å²) in [6.07, 6.45) is 10.5. The fourth-order valence-electron chi connectivity index (χ4n) is 4.30. The predicted octanol–water partition coefficient (Wildman–Crippen LogP) is 4.66. The van der Waals surface area contributed by atoms with Gasteiger partial charge in [-0.15, -0.1) is 0 Å². The summed E-state index contributed by atoms with van der Waals surface area (Å²) in [7, 11) is 0. The van der Waals surface area contributed by atoms with Crippen LogP contribution in [0.2, 0.25) is 0 Å². The van der Waals surface area contributed by atoms with Crippen LogP contribution < -0.4 is 0 Å². The number of morpholine rings is 1. The summed E-state index contributed by atoms with van der Waals surface area (Å²) < 4.78 is 11.2. The van der Waals surface area contributed by atoms with Crippen LogP contribution in [-0.2, 0) is 9.47 Å². The lowest BCUT2D eigenvalue weighted by molar-refractivity contribution is -0.140. The molecule has 0 aromatic rings. The highest BCUT2D eigenvalue weighted by molar-refractivity contribution is 5.69. The van der Waals surface area contributed by atoms with Gasteiger partial charge in [-0.2, -0.15) is 0 Å². The average Bonchev–Trinajstić information content (AvgIpc) is 2.51. The highest BCUT2D eigenvalue weighted by Gasteiger charge is 2.48. The Morgan fingerprint density at radius 1 is 1.08 bits per heavy atom. The molecule has 2 rings (SSSR count). The molecule has 0 radical (unpaired) electrons. The highest BCUT2D eigenvalue weighted by Crippen LogP contribution is 2.38. The Bertz CT molecular complexity index is 432. The fourth-order valence-corrected chi connectivity index (χ4v) is 4.30. The van der Waals surface area contributed by atoms with Crippen molar-refractivity contribution < 1.29 is 19.4 Å². The van der Waals surface area contributed by atoms with Gasteiger partial charge in [0.05, 0.1) is 30.9 Å². The van der Waals surface area contributed by atoms with Crippen molar-refractivity contribution in [3.63, 3.8) is 0 Å². The smallest absolute Gasteiger partial charge is 0.410 e. The largest absolute Gasteiger partial charge is 0.444 e. The molecule has 1 N–H and O–H groups in total. The first kappa shape index (κ1) is 21.5. The Morgan fingerprint density at radius 2 is 1.62 bits per heavy atom. The van der Waals surface area contributed by atoms with Crippen LogP contribution in [0.5, 0.6) is 0 Å². The number of fused-ring (bicyclic) bond motifs is 2. The van der Waals surface area contributed by atoms with E-state index in [1.54, 1.807) is 0 Å². The maximum atomic E-state index is 12.6. The van der Waals surface area contributed by atoms with Crippen LogP contribution in [0.25, 0.3) is 0 Å². The minimum Gasteiger partial charge on any atom is -0.444 e. The van der Waals surface area contributed by atoms with E-state index in [1.165, 1.54) is 38.5 Å². The van der Waals surface area contributed by atoms with Gasteiger partial charge in [0.1, 0.15) is 5.60 Å². The van der Waals surface area contributed by atoms with Crippen molar-refractivity contribution in [3.8, 4) is 0 Å². The third-order valence-corrected chi connectivity index (χ3v) is 5.49. The van der Waals surface area contributed by atoms with Crippen LogP contribution in [0, 0.1) is 0 Å². The molecule has 0 aliphatic carbocycles. The van der Waals surface area contributed by atoms with E-state index in [9.17, 15) is 9.90 Å². The maximum Gasteiger partial charge on any atom is 0.410 e. The summed E-state index contributed by atoms with van der Waals surface area (Å²) >= 11 is 0. The average molecular weight is 370 g/mol. The number of rotatable bonds is 8. The standard InChI is InChI=1S/C21H39NO4/c1-5-6-7-8-9-10-11-12-21(24)13-17-15-25-16-18(14-21)22(17)19(23)26-20(2,3)4/h17-18,24H,5-16H2,1-4H3. The van der Waals surface area contributed by atoms with Crippen LogP contribution in [-0.4, -0.2) is 52.6 Å². The summed E-state index contributed by atoms with van der Waals surface area (Å²) in [5, 5.41) is 11.1. The third kappa shape index (κ3) is 6.41. The van der Waals surface area contributed by atoms with Gasteiger partial charge in [-0.3, -0.25) is 4.90 Å². The number of ether oxygens (including phenoxy) is 2. The van der Waals surface area contributed by atoms with E-state index in [0.717, 1.165) is 12.8 Å². The molecule has 2 saturated heterocycles. The Hall–Kier alpha value is -0.810. The summed E-state index contributed by atoms with van der Waals surface area (Å²) in [6, 6.07) is -0.154. The van der Waals surface area contributed by atoms with E-state index < -0.39 is 11.2 Å².